The van der Waals surface area contributed by atoms with E-state index in [-0.39, 0.29) is 18.0 Å². The molecule has 0 aliphatic heterocycles. The lowest BCUT2D eigenvalue weighted by Crippen LogP contribution is -2.26. The van der Waals surface area contributed by atoms with Crippen LogP contribution in [0.15, 0.2) is 18.2 Å². The number of aromatic nitrogens is 2. The van der Waals surface area contributed by atoms with Gasteiger partial charge in [-0.1, -0.05) is 0 Å². The molecule has 2 aromatic rings. The highest BCUT2D eigenvalue weighted by molar-refractivity contribution is 5.77. The van der Waals surface area contributed by atoms with Gasteiger partial charge in [0.25, 0.3) is 0 Å². The summed E-state index contributed by atoms with van der Waals surface area (Å²) in [5, 5.41) is 12.3. The fourth-order valence-corrected chi connectivity index (χ4v) is 1.77. The number of anilines is 1. The van der Waals surface area contributed by atoms with Crippen LogP contribution in [-0.2, 0) is 0 Å². The van der Waals surface area contributed by atoms with E-state index in [2.05, 4.69) is 15.3 Å². The molecule has 1 fully saturated rings. The SMILES string of the molecule is OCC1(Nc2nc3ccc(F)cc3[nH]2)CC1. The van der Waals surface area contributed by atoms with Crippen molar-refractivity contribution in [2.75, 3.05) is 11.9 Å². The lowest BCUT2D eigenvalue weighted by molar-refractivity contribution is 0.265. The van der Waals surface area contributed by atoms with Crippen LogP contribution in [0.3, 0.4) is 0 Å². The molecule has 1 aliphatic carbocycles. The van der Waals surface area contributed by atoms with Crippen molar-refractivity contribution in [3.63, 3.8) is 0 Å². The van der Waals surface area contributed by atoms with Gasteiger partial charge in [-0.2, -0.15) is 0 Å². The van der Waals surface area contributed by atoms with E-state index in [0.717, 1.165) is 18.4 Å². The number of aromatic amines is 1. The number of halogens is 1. The Morgan fingerprint density at radius 3 is 3.00 bits per heavy atom. The first-order chi connectivity index (χ1) is 7.71. The number of benzene rings is 1. The predicted octanol–water partition coefficient (Wildman–Crippen LogP) is 1.64. The van der Waals surface area contributed by atoms with Crippen LogP contribution in [0.4, 0.5) is 10.3 Å². The van der Waals surface area contributed by atoms with Gasteiger partial charge in [-0.05, 0) is 31.0 Å². The van der Waals surface area contributed by atoms with Gasteiger partial charge >= 0.3 is 0 Å². The Balaban J connectivity index is 1.93. The molecule has 1 saturated carbocycles. The Hall–Kier alpha value is -1.62. The quantitative estimate of drug-likeness (QED) is 0.738. The third-order valence-electron chi connectivity index (χ3n) is 2.98. The maximum absolute atomic E-state index is 13.0. The summed E-state index contributed by atoms with van der Waals surface area (Å²) in [6, 6.07) is 4.42. The van der Waals surface area contributed by atoms with Crippen molar-refractivity contribution < 1.29 is 9.50 Å². The number of aliphatic hydroxyl groups is 1. The van der Waals surface area contributed by atoms with Gasteiger partial charge in [-0.3, -0.25) is 0 Å². The molecule has 84 valence electrons. The molecule has 4 nitrogen and oxygen atoms in total. The van der Waals surface area contributed by atoms with Crippen molar-refractivity contribution in [2.24, 2.45) is 0 Å². The minimum absolute atomic E-state index is 0.0956. The monoisotopic (exact) mass is 221 g/mol. The molecular formula is C11H12FN3O. The fraction of sp³-hybridized carbons (Fsp3) is 0.364. The molecule has 0 bridgehead atoms. The topological polar surface area (TPSA) is 60.9 Å². The summed E-state index contributed by atoms with van der Waals surface area (Å²) in [5.74, 6) is 0.304. The molecule has 0 amide bonds. The Morgan fingerprint density at radius 1 is 1.50 bits per heavy atom. The van der Waals surface area contributed by atoms with E-state index in [0.29, 0.717) is 11.5 Å². The number of fused-ring (bicyclic) bond motifs is 1. The largest absolute Gasteiger partial charge is 0.394 e. The number of rotatable bonds is 3. The number of aliphatic hydroxyl groups excluding tert-OH is 1. The molecule has 16 heavy (non-hydrogen) atoms. The smallest absolute Gasteiger partial charge is 0.201 e. The van der Waals surface area contributed by atoms with E-state index in [1.165, 1.54) is 12.1 Å². The summed E-state index contributed by atoms with van der Waals surface area (Å²) >= 11 is 0. The van der Waals surface area contributed by atoms with Gasteiger partial charge in [0.05, 0.1) is 23.2 Å². The third kappa shape index (κ3) is 1.53. The first-order valence-corrected chi connectivity index (χ1v) is 5.25. The molecule has 1 aromatic heterocycles. The van der Waals surface area contributed by atoms with E-state index in [1.54, 1.807) is 6.07 Å². The highest BCUT2D eigenvalue weighted by Gasteiger charge is 2.42. The molecule has 5 heteroatoms. The van der Waals surface area contributed by atoms with Crippen LogP contribution in [0.1, 0.15) is 12.8 Å². The van der Waals surface area contributed by atoms with Crippen LogP contribution >= 0.6 is 0 Å². The lowest BCUT2D eigenvalue weighted by Gasteiger charge is -2.12. The number of imidazole rings is 1. The van der Waals surface area contributed by atoms with Crippen LogP contribution in [-0.4, -0.2) is 27.2 Å². The standard InChI is InChI=1S/C11H12FN3O/c12-7-1-2-8-9(5-7)14-10(13-8)15-11(6-16)3-4-11/h1-2,5,16H,3-4,6H2,(H2,13,14,15). The van der Waals surface area contributed by atoms with Gasteiger partial charge < -0.3 is 15.4 Å². The number of hydrogen-bond donors (Lipinski definition) is 3. The Kier molecular flexibility index (Phi) is 1.91. The maximum atomic E-state index is 13.0. The summed E-state index contributed by atoms with van der Waals surface area (Å²) in [6.45, 7) is 0.0956. The van der Waals surface area contributed by atoms with Crippen LogP contribution < -0.4 is 5.32 Å². The van der Waals surface area contributed by atoms with Gasteiger partial charge in [0.15, 0.2) is 0 Å². The number of H-pyrrole nitrogens is 1. The summed E-state index contributed by atoms with van der Waals surface area (Å²) in [7, 11) is 0. The summed E-state index contributed by atoms with van der Waals surface area (Å²) < 4.78 is 13.0. The molecule has 0 unspecified atom stereocenters. The van der Waals surface area contributed by atoms with Crippen molar-refractivity contribution in [1.29, 1.82) is 0 Å². The normalized spacial score (nSPS) is 17.6. The Bertz CT molecular complexity index is 533. The molecule has 0 radical (unpaired) electrons. The lowest BCUT2D eigenvalue weighted by atomic mass is 10.3. The molecule has 0 saturated heterocycles. The van der Waals surface area contributed by atoms with Crippen LogP contribution in [0, 0.1) is 5.82 Å². The van der Waals surface area contributed by atoms with E-state index >= 15 is 0 Å². The number of hydrogen-bond acceptors (Lipinski definition) is 3. The van der Waals surface area contributed by atoms with E-state index < -0.39 is 0 Å². The molecular weight excluding hydrogens is 209 g/mol. The molecule has 3 rings (SSSR count). The van der Waals surface area contributed by atoms with E-state index in [4.69, 9.17) is 0 Å². The first-order valence-electron chi connectivity index (χ1n) is 5.25. The van der Waals surface area contributed by atoms with Crippen molar-refractivity contribution in [1.82, 2.24) is 9.97 Å². The van der Waals surface area contributed by atoms with Gasteiger partial charge in [0, 0.05) is 0 Å². The summed E-state index contributed by atoms with van der Waals surface area (Å²) in [5.41, 5.74) is 1.17. The predicted molar refractivity (Wildman–Crippen MR) is 58.7 cm³/mol. The molecule has 1 heterocycles. The van der Waals surface area contributed by atoms with E-state index in [9.17, 15) is 9.50 Å². The van der Waals surface area contributed by atoms with Gasteiger partial charge in [0.2, 0.25) is 5.95 Å². The maximum Gasteiger partial charge on any atom is 0.201 e. The summed E-state index contributed by atoms with van der Waals surface area (Å²) in [6.07, 6.45) is 1.88. The molecule has 3 N–H and O–H groups in total. The molecule has 1 aliphatic rings. The Morgan fingerprint density at radius 2 is 2.31 bits per heavy atom. The molecule has 0 atom stereocenters. The average molecular weight is 221 g/mol. The minimum atomic E-state index is -0.286. The van der Waals surface area contributed by atoms with Crippen molar-refractivity contribution in [3.05, 3.63) is 24.0 Å². The van der Waals surface area contributed by atoms with Gasteiger partial charge in [0.1, 0.15) is 5.82 Å². The molecule has 0 spiro atoms. The fourth-order valence-electron chi connectivity index (χ4n) is 1.77. The second-order valence-corrected chi connectivity index (χ2v) is 4.31. The van der Waals surface area contributed by atoms with Crippen LogP contribution in [0.2, 0.25) is 0 Å². The van der Waals surface area contributed by atoms with E-state index in [1.807, 2.05) is 0 Å². The van der Waals surface area contributed by atoms with Crippen molar-refractivity contribution in [2.45, 2.75) is 18.4 Å². The van der Waals surface area contributed by atoms with Crippen LogP contribution in [0.25, 0.3) is 11.0 Å². The second kappa shape index (κ2) is 3.18. The zero-order valence-electron chi connectivity index (χ0n) is 8.63. The zero-order chi connectivity index (χ0) is 11.2. The average Bonchev–Trinajstić information content (AvgIpc) is 2.92. The van der Waals surface area contributed by atoms with Crippen molar-refractivity contribution in [3.8, 4) is 0 Å². The zero-order valence-corrected chi connectivity index (χ0v) is 8.63. The summed E-state index contributed by atoms with van der Waals surface area (Å²) in [4.78, 5) is 7.28. The van der Waals surface area contributed by atoms with Crippen LogP contribution in [0.5, 0.6) is 0 Å². The highest BCUT2D eigenvalue weighted by atomic mass is 19.1. The van der Waals surface area contributed by atoms with Gasteiger partial charge in [-0.25, -0.2) is 9.37 Å². The third-order valence-corrected chi connectivity index (χ3v) is 2.98. The first kappa shape index (κ1) is 9.59. The minimum Gasteiger partial charge on any atom is -0.394 e. The molecule has 1 aromatic carbocycles. The second-order valence-electron chi connectivity index (χ2n) is 4.31. The van der Waals surface area contributed by atoms with Gasteiger partial charge in [-0.15, -0.1) is 0 Å². The van der Waals surface area contributed by atoms with Crippen molar-refractivity contribution >= 4 is 17.0 Å². The number of nitrogens with one attached hydrogen (secondary N) is 2. The Labute approximate surface area is 91.5 Å². The highest BCUT2D eigenvalue weighted by Crippen LogP contribution is 2.37. The number of nitrogens with zero attached hydrogens (tertiary/aromatic N) is 1.